The Morgan fingerprint density at radius 2 is 1.62 bits per heavy atom. The van der Waals surface area contributed by atoms with Crippen LogP contribution in [0.25, 0.3) is 0 Å². The number of rotatable bonds is 11. The minimum absolute atomic E-state index is 0.0895. The van der Waals surface area contributed by atoms with Gasteiger partial charge >= 0.3 is 0 Å². The maximum Gasteiger partial charge on any atom is 0.240 e. The highest BCUT2D eigenvalue weighted by Crippen LogP contribution is 2.07. The van der Waals surface area contributed by atoms with Crippen molar-refractivity contribution >= 4 is 23.2 Å². The lowest BCUT2D eigenvalue weighted by Crippen LogP contribution is -2.21. The van der Waals surface area contributed by atoms with Gasteiger partial charge in [0.1, 0.15) is 0 Å². The van der Waals surface area contributed by atoms with Crippen molar-refractivity contribution in [1.29, 1.82) is 0 Å². The van der Waals surface area contributed by atoms with E-state index in [0.29, 0.717) is 12.1 Å². The third-order valence-electron chi connectivity index (χ3n) is 3.60. The summed E-state index contributed by atoms with van der Waals surface area (Å²) in [6.45, 7) is 3.92. The van der Waals surface area contributed by atoms with Crippen molar-refractivity contribution in [3.8, 4) is 0 Å². The van der Waals surface area contributed by atoms with Gasteiger partial charge in [-0.1, -0.05) is 57.2 Å². The number of carbonyl (C=O) groups is 2. The van der Waals surface area contributed by atoms with Gasteiger partial charge in [-0.25, -0.2) is 5.43 Å². The van der Waals surface area contributed by atoms with Gasteiger partial charge < -0.3 is 5.32 Å². The lowest BCUT2D eigenvalue weighted by Gasteiger charge is -2.05. The van der Waals surface area contributed by atoms with Crippen LogP contribution in [0.4, 0.5) is 5.69 Å². The van der Waals surface area contributed by atoms with Crippen molar-refractivity contribution in [3.63, 3.8) is 0 Å². The van der Waals surface area contributed by atoms with Crippen molar-refractivity contribution in [2.24, 2.45) is 5.10 Å². The van der Waals surface area contributed by atoms with Crippen LogP contribution in [-0.4, -0.2) is 17.5 Å². The molecular formula is C19H29N3O2. The van der Waals surface area contributed by atoms with Gasteiger partial charge in [0.05, 0.1) is 6.42 Å². The van der Waals surface area contributed by atoms with Gasteiger partial charge in [0.25, 0.3) is 0 Å². The molecule has 0 atom stereocenters. The monoisotopic (exact) mass is 331 g/mol. The van der Waals surface area contributed by atoms with E-state index in [1.807, 2.05) is 30.3 Å². The molecule has 132 valence electrons. The van der Waals surface area contributed by atoms with E-state index in [0.717, 1.165) is 18.5 Å². The van der Waals surface area contributed by atoms with Gasteiger partial charge in [-0.3, -0.25) is 9.59 Å². The number of nitrogens with zero attached hydrogens (tertiary/aromatic N) is 1. The first-order chi connectivity index (χ1) is 11.6. The van der Waals surface area contributed by atoms with Gasteiger partial charge in [0, 0.05) is 17.8 Å². The minimum atomic E-state index is -0.146. The van der Waals surface area contributed by atoms with Crippen LogP contribution in [0.5, 0.6) is 0 Å². The first kappa shape index (κ1) is 19.9. The molecule has 0 fully saturated rings. The summed E-state index contributed by atoms with van der Waals surface area (Å²) in [5, 5.41) is 6.78. The van der Waals surface area contributed by atoms with E-state index < -0.39 is 0 Å². The summed E-state index contributed by atoms with van der Waals surface area (Å²) in [7, 11) is 0. The highest BCUT2D eigenvalue weighted by molar-refractivity contribution is 6.05. The lowest BCUT2D eigenvalue weighted by molar-refractivity contribution is -0.121. The Morgan fingerprint density at radius 3 is 2.33 bits per heavy atom. The summed E-state index contributed by atoms with van der Waals surface area (Å²) in [6.07, 6.45) is 7.53. The number of carbonyl (C=O) groups excluding carboxylic acids is 2. The molecule has 5 heteroatoms. The second-order valence-electron chi connectivity index (χ2n) is 5.99. The molecule has 1 aromatic rings. The number of nitrogens with one attached hydrogen (secondary N) is 2. The summed E-state index contributed by atoms with van der Waals surface area (Å²) < 4.78 is 0. The summed E-state index contributed by atoms with van der Waals surface area (Å²) in [6, 6.07) is 9.26. The lowest BCUT2D eigenvalue weighted by atomic mass is 10.1. The number of amides is 2. The van der Waals surface area contributed by atoms with Crippen LogP contribution in [0.1, 0.15) is 65.2 Å². The van der Waals surface area contributed by atoms with Crippen LogP contribution in [0.15, 0.2) is 35.4 Å². The number of hydrazone groups is 1. The number of hydrogen-bond donors (Lipinski definition) is 2. The molecule has 0 bridgehead atoms. The molecule has 2 N–H and O–H groups in total. The Kier molecular flexibility index (Phi) is 10.2. The third-order valence-corrected chi connectivity index (χ3v) is 3.60. The molecule has 0 aromatic heterocycles. The molecule has 24 heavy (non-hydrogen) atoms. The zero-order valence-electron chi connectivity index (χ0n) is 14.8. The topological polar surface area (TPSA) is 70.6 Å². The van der Waals surface area contributed by atoms with Gasteiger partial charge in [0.2, 0.25) is 11.8 Å². The minimum Gasteiger partial charge on any atom is -0.326 e. The maximum absolute atomic E-state index is 11.9. The molecule has 0 aliphatic rings. The molecule has 0 unspecified atom stereocenters. The van der Waals surface area contributed by atoms with Crippen molar-refractivity contribution in [2.45, 2.75) is 65.2 Å². The summed E-state index contributed by atoms with van der Waals surface area (Å²) in [5.74, 6) is -0.235. The quantitative estimate of drug-likeness (QED) is 0.361. The van der Waals surface area contributed by atoms with Gasteiger partial charge in [-0.05, 0) is 25.5 Å². The number of benzene rings is 1. The average molecular weight is 331 g/mol. The smallest absolute Gasteiger partial charge is 0.240 e. The second kappa shape index (κ2) is 12.3. The predicted octanol–water partition coefficient (Wildman–Crippen LogP) is 4.26. The molecule has 2 amide bonds. The van der Waals surface area contributed by atoms with E-state index in [2.05, 4.69) is 22.8 Å². The highest BCUT2D eigenvalue weighted by atomic mass is 16.2. The first-order valence-corrected chi connectivity index (χ1v) is 8.78. The van der Waals surface area contributed by atoms with Crippen LogP contribution < -0.4 is 10.7 Å². The van der Waals surface area contributed by atoms with Gasteiger partial charge in [-0.2, -0.15) is 5.10 Å². The van der Waals surface area contributed by atoms with Crippen LogP contribution in [-0.2, 0) is 9.59 Å². The normalized spacial score (nSPS) is 11.2. The molecule has 0 saturated carbocycles. The average Bonchev–Trinajstić information content (AvgIpc) is 2.57. The highest BCUT2D eigenvalue weighted by Gasteiger charge is 2.05. The van der Waals surface area contributed by atoms with Gasteiger partial charge in [0.15, 0.2) is 0 Å². The number of para-hydroxylation sites is 1. The zero-order valence-corrected chi connectivity index (χ0v) is 14.8. The molecule has 0 heterocycles. The third kappa shape index (κ3) is 9.77. The standard InChI is InChI=1S/C19H29N3O2/c1-3-4-5-6-7-11-14-18(23)22-21-16(2)15-19(24)20-17-12-9-8-10-13-17/h8-10,12-13H,3-7,11,14-15H2,1-2H3,(H,20,24)(H,22,23)/b21-16+. The fourth-order valence-electron chi connectivity index (χ4n) is 2.28. The Balaban J connectivity index is 2.18. The Labute approximate surface area is 144 Å². The molecule has 0 spiro atoms. The van der Waals surface area contributed by atoms with Crippen LogP contribution in [0.3, 0.4) is 0 Å². The molecule has 1 aromatic carbocycles. The fourth-order valence-corrected chi connectivity index (χ4v) is 2.28. The molecule has 5 nitrogen and oxygen atoms in total. The largest absolute Gasteiger partial charge is 0.326 e. The zero-order chi connectivity index (χ0) is 17.6. The Hall–Kier alpha value is -2.17. The molecule has 0 aliphatic heterocycles. The number of hydrogen-bond acceptors (Lipinski definition) is 3. The first-order valence-electron chi connectivity index (χ1n) is 8.78. The molecule has 0 saturated heterocycles. The van der Waals surface area contributed by atoms with Crippen molar-refractivity contribution in [1.82, 2.24) is 5.43 Å². The molecule has 0 aliphatic carbocycles. The molecule has 0 radical (unpaired) electrons. The summed E-state index contributed by atoms with van der Waals surface area (Å²) >= 11 is 0. The van der Waals surface area contributed by atoms with Crippen molar-refractivity contribution in [2.75, 3.05) is 5.32 Å². The van der Waals surface area contributed by atoms with E-state index in [-0.39, 0.29) is 18.2 Å². The SMILES string of the molecule is CCCCCCCCC(=O)N/N=C(\C)CC(=O)Nc1ccccc1. The maximum atomic E-state index is 11.9. The fraction of sp³-hybridized carbons (Fsp3) is 0.526. The second-order valence-corrected chi connectivity index (χ2v) is 5.99. The van der Waals surface area contributed by atoms with Crippen molar-refractivity contribution in [3.05, 3.63) is 30.3 Å². The Bertz CT molecular complexity index is 527. The number of unbranched alkanes of at least 4 members (excludes halogenated alkanes) is 5. The molecule has 1 rings (SSSR count). The van der Waals surface area contributed by atoms with E-state index in [1.165, 1.54) is 25.7 Å². The number of anilines is 1. The molecular weight excluding hydrogens is 302 g/mol. The van der Waals surface area contributed by atoms with Gasteiger partial charge in [-0.15, -0.1) is 0 Å². The van der Waals surface area contributed by atoms with E-state index >= 15 is 0 Å². The Morgan fingerprint density at radius 1 is 0.958 bits per heavy atom. The van der Waals surface area contributed by atoms with Crippen molar-refractivity contribution < 1.29 is 9.59 Å². The summed E-state index contributed by atoms with van der Waals surface area (Å²) in [4.78, 5) is 23.6. The van der Waals surface area contributed by atoms with Crippen LogP contribution >= 0.6 is 0 Å². The van der Waals surface area contributed by atoms with E-state index in [1.54, 1.807) is 6.92 Å². The van der Waals surface area contributed by atoms with E-state index in [4.69, 9.17) is 0 Å². The van der Waals surface area contributed by atoms with Crippen LogP contribution in [0, 0.1) is 0 Å². The van der Waals surface area contributed by atoms with E-state index in [9.17, 15) is 9.59 Å². The summed E-state index contributed by atoms with van der Waals surface area (Å²) in [5.41, 5.74) is 3.86. The van der Waals surface area contributed by atoms with Crippen LogP contribution in [0.2, 0.25) is 0 Å². The predicted molar refractivity (Wildman–Crippen MR) is 98.9 cm³/mol.